The lowest BCUT2D eigenvalue weighted by atomic mass is 9.91. The van der Waals surface area contributed by atoms with Crippen LogP contribution in [0, 0.1) is 16.7 Å². The summed E-state index contributed by atoms with van der Waals surface area (Å²) in [4.78, 5) is 0. The van der Waals surface area contributed by atoms with E-state index >= 15 is 0 Å². The van der Waals surface area contributed by atoms with Crippen molar-refractivity contribution in [2.24, 2.45) is 5.41 Å². The Morgan fingerprint density at radius 1 is 1.33 bits per heavy atom. The van der Waals surface area contributed by atoms with E-state index in [-0.39, 0.29) is 5.41 Å². The van der Waals surface area contributed by atoms with Gasteiger partial charge >= 0.3 is 0 Å². The van der Waals surface area contributed by atoms with Crippen molar-refractivity contribution in [3.05, 3.63) is 0 Å². The van der Waals surface area contributed by atoms with Gasteiger partial charge in [-0.05, 0) is 40.2 Å². The molecule has 2 nitrogen and oxygen atoms in total. The fourth-order valence-corrected chi connectivity index (χ4v) is 1.49. The third-order valence-electron chi connectivity index (χ3n) is 2.79. The molecule has 1 N–H and O–H groups in total. The van der Waals surface area contributed by atoms with E-state index in [9.17, 15) is 0 Å². The summed E-state index contributed by atoms with van der Waals surface area (Å²) in [5.74, 6) is 0. The quantitative estimate of drug-likeness (QED) is 0.623. The molecule has 0 aromatic rings. The zero-order valence-corrected chi connectivity index (χ0v) is 10.8. The number of hydrogen-bond donors (Lipinski definition) is 1. The molecule has 0 bridgehead atoms. The summed E-state index contributed by atoms with van der Waals surface area (Å²) in [5.41, 5.74) is -0.184. The average Bonchev–Trinajstić information content (AvgIpc) is 2.18. The molecule has 1 atom stereocenters. The second kappa shape index (κ2) is 7.70. The summed E-state index contributed by atoms with van der Waals surface area (Å²) in [7, 11) is 0. The van der Waals surface area contributed by atoms with Gasteiger partial charge in [0.25, 0.3) is 0 Å². The van der Waals surface area contributed by atoms with Crippen LogP contribution in [-0.2, 0) is 0 Å². The molecule has 0 saturated heterocycles. The minimum Gasteiger partial charge on any atom is -0.314 e. The third kappa shape index (κ3) is 8.44. The highest BCUT2D eigenvalue weighted by atomic mass is 14.9. The minimum absolute atomic E-state index is 0.184. The fraction of sp³-hybridized carbons (Fsp3) is 0.923. The predicted molar refractivity (Wildman–Crippen MR) is 65.6 cm³/mol. The van der Waals surface area contributed by atoms with Crippen LogP contribution in [0.4, 0.5) is 0 Å². The Morgan fingerprint density at radius 2 is 2.00 bits per heavy atom. The van der Waals surface area contributed by atoms with Gasteiger partial charge < -0.3 is 5.32 Å². The van der Waals surface area contributed by atoms with E-state index in [1.807, 2.05) is 13.8 Å². The van der Waals surface area contributed by atoms with E-state index in [2.05, 4.69) is 25.2 Å². The van der Waals surface area contributed by atoms with Gasteiger partial charge in [0.15, 0.2) is 0 Å². The Kier molecular flexibility index (Phi) is 7.42. The number of nitrogens with zero attached hydrogens (tertiary/aromatic N) is 1. The number of rotatable bonds is 8. The molecule has 0 rings (SSSR count). The molecule has 0 aliphatic carbocycles. The first-order valence-corrected chi connectivity index (χ1v) is 6.16. The number of unbranched alkanes of at least 4 members (excludes halogenated alkanes) is 2. The van der Waals surface area contributed by atoms with Crippen LogP contribution >= 0.6 is 0 Å². The SMILES string of the molecule is CCCCCC(C)NCCC(C)(C)C#N. The van der Waals surface area contributed by atoms with Crippen LogP contribution in [0.2, 0.25) is 0 Å². The van der Waals surface area contributed by atoms with Crippen molar-refractivity contribution in [1.29, 1.82) is 5.26 Å². The normalized spacial score (nSPS) is 13.5. The highest BCUT2D eigenvalue weighted by molar-refractivity contribution is 4.91. The maximum absolute atomic E-state index is 8.85. The van der Waals surface area contributed by atoms with Crippen LogP contribution in [0.15, 0.2) is 0 Å². The van der Waals surface area contributed by atoms with E-state index in [0.29, 0.717) is 6.04 Å². The van der Waals surface area contributed by atoms with Crippen molar-refractivity contribution in [2.75, 3.05) is 6.54 Å². The molecular formula is C13H26N2. The highest BCUT2D eigenvalue weighted by Crippen LogP contribution is 2.17. The lowest BCUT2D eigenvalue weighted by Gasteiger charge is -2.18. The van der Waals surface area contributed by atoms with Gasteiger partial charge in [-0.1, -0.05) is 26.2 Å². The van der Waals surface area contributed by atoms with Crippen LogP contribution in [0.5, 0.6) is 0 Å². The summed E-state index contributed by atoms with van der Waals surface area (Å²) in [6.07, 6.45) is 6.11. The lowest BCUT2D eigenvalue weighted by molar-refractivity contribution is 0.402. The van der Waals surface area contributed by atoms with Gasteiger partial charge in [0.1, 0.15) is 0 Å². The number of nitrogens with one attached hydrogen (secondary N) is 1. The van der Waals surface area contributed by atoms with E-state index in [1.165, 1.54) is 25.7 Å². The van der Waals surface area contributed by atoms with Crippen molar-refractivity contribution in [3.63, 3.8) is 0 Å². The first-order chi connectivity index (χ1) is 7.02. The van der Waals surface area contributed by atoms with Crippen LogP contribution in [0.1, 0.15) is 59.8 Å². The molecule has 0 aliphatic rings. The van der Waals surface area contributed by atoms with Crippen molar-refractivity contribution < 1.29 is 0 Å². The molecule has 0 amide bonds. The van der Waals surface area contributed by atoms with Gasteiger partial charge in [-0.3, -0.25) is 0 Å². The van der Waals surface area contributed by atoms with Crippen molar-refractivity contribution in [1.82, 2.24) is 5.32 Å². The van der Waals surface area contributed by atoms with Crippen LogP contribution < -0.4 is 5.32 Å². The summed E-state index contributed by atoms with van der Waals surface area (Å²) in [6, 6.07) is 2.92. The van der Waals surface area contributed by atoms with Gasteiger partial charge in [0, 0.05) is 6.04 Å². The van der Waals surface area contributed by atoms with Crippen LogP contribution in [0.25, 0.3) is 0 Å². The van der Waals surface area contributed by atoms with Crippen molar-refractivity contribution >= 4 is 0 Å². The summed E-state index contributed by atoms with van der Waals surface area (Å²) in [5, 5.41) is 12.3. The Morgan fingerprint density at radius 3 is 2.53 bits per heavy atom. The summed E-state index contributed by atoms with van der Waals surface area (Å²) in [6.45, 7) is 9.41. The monoisotopic (exact) mass is 210 g/mol. The molecule has 0 aromatic carbocycles. The first kappa shape index (κ1) is 14.5. The molecule has 0 aromatic heterocycles. The Hall–Kier alpha value is -0.550. The molecule has 2 heteroatoms. The van der Waals surface area contributed by atoms with Crippen molar-refractivity contribution in [2.45, 2.75) is 65.8 Å². The molecule has 0 spiro atoms. The van der Waals surface area contributed by atoms with Crippen LogP contribution in [0.3, 0.4) is 0 Å². The molecule has 0 fully saturated rings. The van der Waals surface area contributed by atoms with Gasteiger partial charge in [0.2, 0.25) is 0 Å². The van der Waals surface area contributed by atoms with Crippen LogP contribution in [-0.4, -0.2) is 12.6 Å². The summed E-state index contributed by atoms with van der Waals surface area (Å²) < 4.78 is 0. The Balaban J connectivity index is 3.47. The predicted octanol–water partition coefficient (Wildman–Crippen LogP) is 3.48. The van der Waals surface area contributed by atoms with E-state index in [1.54, 1.807) is 0 Å². The van der Waals surface area contributed by atoms with Gasteiger partial charge in [0.05, 0.1) is 11.5 Å². The summed E-state index contributed by atoms with van der Waals surface area (Å²) >= 11 is 0. The van der Waals surface area contributed by atoms with Gasteiger partial charge in [-0.15, -0.1) is 0 Å². The molecular weight excluding hydrogens is 184 g/mol. The second-order valence-electron chi connectivity index (χ2n) is 5.10. The molecule has 0 saturated carbocycles. The maximum atomic E-state index is 8.85. The fourth-order valence-electron chi connectivity index (χ4n) is 1.49. The zero-order chi connectivity index (χ0) is 11.7. The van der Waals surface area contributed by atoms with Gasteiger partial charge in [-0.2, -0.15) is 5.26 Å². The Labute approximate surface area is 95.1 Å². The lowest BCUT2D eigenvalue weighted by Crippen LogP contribution is -2.29. The zero-order valence-electron chi connectivity index (χ0n) is 10.8. The minimum atomic E-state index is -0.184. The van der Waals surface area contributed by atoms with Crippen molar-refractivity contribution in [3.8, 4) is 6.07 Å². The average molecular weight is 210 g/mol. The standard InChI is InChI=1S/C13H26N2/c1-5-6-7-8-12(2)15-10-9-13(3,4)11-14/h12,15H,5-10H2,1-4H3. The molecule has 0 aliphatic heterocycles. The van der Waals surface area contributed by atoms with E-state index < -0.39 is 0 Å². The second-order valence-corrected chi connectivity index (χ2v) is 5.10. The topological polar surface area (TPSA) is 35.8 Å². The largest absolute Gasteiger partial charge is 0.314 e. The molecule has 0 radical (unpaired) electrons. The molecule has 88 valence electrons. The molecule has 15 heavy (non-hydrogen) atoms. The van der Waals surface area contributed by atoms with E-state index in [0.717, 1.165) is 13.0 Å². The first-order valence-electron chi connectivity index (χ1n) is 6.16. The number of nitriles is 1. The third-order valence-corrected chi connectivity index (χ3v) is 2.79. The van der Waals surface area contributed by atoms with E-state index in [4.69, 9.17) is 5.26 Å². The maximum Gasteiger partial charge on any atom is 0.0684 e. The highest BCUT2D eigenvalue weighted by Gasteiger charge is 2.15. The van der Waals surface area contributed by atoms with Gasteiger partial charge in [-0.25, -0.2) is 0 Å². The smallest absolute Gasteiger partial charge is 0.0684 e. The number of hydrogen-bond acceptors (Lipinski definition) is 2. The molecule has 0 heterocycles. The molecule has 1 unspecified atom stereocenters. The Bertz CT molecular complexity index is 191.